The average Bonchev–Trinajstić information content (AvgIpc) is 2.71. The van der Waals surface area contributed by atoms with Gasteiger partial charge in [-0.2, -0.15) is 0 Å². The van der Waals surface area contributed by atoms with E-state index in [0.29, 0.717) is 18.8 Å². The van der Waals surface area contributed by atoms with Crippen LogP contribution in [-0.2, 0) is 11.3 Å². The van der Waals surface area contributed by atoms with Crippen molar-refractivity contribution in [1.82, 2.24) is 9.88 Å². The van der Waals surface area contributed by atoms with Gasteiger partial charge < -0.3 is 15.4 Å². The molecule has 0 aliphatic carbocycles. The van der Waals surface area contributed by atoms with Crippen molar-refractivity contribution >= 4 is 17.2 Å². The van der Waals surface area contributed by atoms with Gasteiger partial charge in [0.25, 0.3) is 5.91 Å². The number of carbonyl (C=O) groups excluding carboxylic acids is 1. The summed E-state index contributed by atoms with van der Waals surface area (Å²) in [6.45, 7) is 4.46. The molecular weight excluding hydrogens is 238 g/mol. The second kappa shape index (κ2) is 5.57. The SMILES string of the molecule is CC1CN(C(=O)c2csc(CN)n2)CCCO1. The number of hydrogen-bond donors (Lipinski definition) is 1. The van der Waals surface area contributed by atoms with Gasteiger partial charge in [0.15, 0.2) is 0 Å². The van der Waals surface area contributed by atoms with E-state index in [1.54, 1.807) is 5.38 Å². The summed E-state index contributed by atoms with van der Waals surface area (Å²) in [4.78, 5) is 18.2. The van der Waals surface area contributed by atoms with Gasteiger partial charge in [0.05, 0.1) is 6.10 Å². The van der Waals surface area contributed by atoms with Crippen LogP contribution < -0.4 is 5.73 Å². The van der Waals surface area contributed by atoms with E-state index < -0.39 is 0 Å². The first-order valence-corrected chi connectivity index (χ1v) is 6.64. The van der Waals surface area contributed by atoms with Gasteiger partial charge >= 0.3 is 0 Å². The van der Waals surface area contributed by atoms with Crippen molar-refractivity contribution in [3.8, 4) is 0 Å². The Labute approximate surface area is 105 Å². The van der Waals surface area contributed by atoms with Gasteiger partial charge in [-0.15, -0.1) is 11.3 Å². The van der Waals surface area contributed by atoms with Crippen molar-refractivity contribution in [2.75, 3.05) is 19.7 Å². The maximum Gasteiger partial charge on any atom is 0.273 e. The van der Waals surface area contributed by atoms with Crippen molar-refractivity contribution < 1.29 is 9.53 Å². The molecule has 1 amide bonds. The van der Waals surface area contributed by atoms with Gasteiger partial charge in [0.1, 0.15) is 10.7 Å². The number of hydrogen-bond acceptors (Lipinski definition) is 5. The number of rotatable bonds is 2. The number of nitrogens with zero attached hydrogens (tertiary/aromatic N) is 2. The predicted octanol–water partition coefficient (Wildman–Crippen LogP) is 0.853. The molecule has 1 fully saturated rings. The first-order valence-electron chi connectivity index (χ1n) is 5.76. The normalized spacial score (nSPS) is 21.3. The number of aromatic nitrogens is 1. The van der Waals surface area contributed by atoms with Crippen LogP contribution in [0.3, 0.4) is 0 Å². The number of amides is 1. The van der Waals surface area contributed by atoms with Gasteiger partial charge in [-0.25, -0.2) is 4.98 Å². The van der Waals surface area contributed by atoms with Crippen LogP contribution in [0.15, 0.2) is 5.38 Å². The molecule has 2 rings (SSSR count). The molecule has 1 saturated heterocycles. The van der Waals surface area contributed by atoms with Gasteiger partial charge in [-0.3, -0.25) is 4.79 Å². The largest absolute Gasteiger partial charge is 0.377 e. The van der Waals surface area contributed by atoms with Gasteiger partial charge in [0, 0.05) is 31.6 Å². The average molecular weight is 255 g/mol. The lowest BCUT2D eigenvalue weighted by Gasteiger charge is -2.20. The molecule has 0 bridgehead atoms. The van der Waals surface area contributed by atoms with Crippen molar-refractivity contribution in [1.29, 1.82) is 0 Å². The third-order valence-corrected chi connectivity index (χ3v) is 3.56. The summed E-state index contributed by atoms with van der Waals surface area (Å²) in [7, 11) is 0. The third kappa shape index (κ3) is 3.02. The molecule has 0 saturated carbocycles. The minimum atomic E-state index is -0.0155. The highest BCUT2D eigenvalue weighted by Crippen LogP contribution is 2.14. The van der Waals surface area contributed by atoms with Crippen molar-refractivity contribution in [3.05, 3.63) is 16.1 Å². The summed E-state index contributed by atoms with van der Waals surface area (Å²) in [5.74, 6) is -0.0155. The van der Waals surface area contributed by atoms with Crippen LogP contribution in [0.1, 0.15) is 28.8 Å². The maximum absolute atomic E-state index is 12.2. The molecule has 2 heterocycles. The van der Waals surface area contributed by atoms with E-state index in [1.807, 2.05) is 11.8 Å². The minimum Gasteiger partial charge on any atom is -0.377 e. The zero-order valence-corrected chi connectivity index (χ0v) is 10.7. The molecule has 2 N–H and O–H groups in total. The lowest BCUT2D eigenvalue weighted by molar-refractivity contribution is 0.0560. The molecule has 1 aliphatic rings. The minimum absolute atomic E-state index is 0.0155. The number of thiazole rings is 1. The molecule has 6 heteroatoms. The molecule has 0 spiro atoms. The van der Waals surface area contributed by atoms with Crippen LogP contribution in [0.2, 0.25) is 0 Å². The number of nitrogens with two attached hydrogens (primary N) is 1. The Morgan fingerprint density at radius 1 is 1.76 bits per heavy atom. The molecule has 94 valence electrons. The zero-order chi connectivity index (χ0) is 12.3. The summed E-state index contributed by atoms with van der Waals surface area (Å²) in [5.41, 5.74) is 6.00. The number of ether oxygens (including phenoxy) is 1. The Bertz CT molecular complexity index is 394. The van der Waals surface area contributed by atoms with Crippen LogP contribution in [0, 0.1) is 0 Å². The fraction of sp³-hybridized carbons (Fsp3) is 0.636. The fourth-order valence-electron chi connectivity index (χ4n) is 1.84. The Balaban J connectivity index is 2.07. The summed E-state index contributed by atoms with van der Waals surface area (Å²) in [6.07, 6.45) is 0.971. The van der Waals surface area contributed by atoms with Crippen molar-refractivity contribution in [3.63, 3.8) is 0 Å². The lowest BCUT2D eigenvalue weighted by atomic mass is 10.3. The lowest BCUT2D eigenvalue weighted by Crippen LogP contribution is -2.36. The van der Waals surface area contributed by atoms with E-state index in [1.165, 1.54) is 11.3 Å². The topological polar surface area (TPSA) is 68.5 Å². The Morgan fingerprint density at radius 3 is 3.29 bits per heavy atom. The van der Waals surface area contributed by atoms with E-state index in [0.717, 1.165) is 24.6 Å². The Hall–Kier alpha value is -0.980. The second-order valence-corrected chi connectivity index (χ2v) is 5.06. The second-order valence-electron chi connectivity index (χ2n) is 4.12. The molecule has 1 unspecified atom stereocenters. The zero-order valence-electron chi connectivity index (χ0n) is 9.89. The highest BCUT2D eigenvalue weighted by molar-refractivity contribution is 7.09. The van der Waals surface area contributed by atoms with Crippen LogP contribution in [0.5, 0.6) is 0 Å². The molecule has 0 radical (unpaired) electrons. The highest BCUT2D eigenvalue weighted by atomic mass is 32.1. The van der Waals surface area contributed by atoms with Crippen molar-refractivity contribution in [2.24, 2.45) is 5.73 Å². The quantitative estimate of drug-likeness (QED) is 0.850. The van der Waals surface area contributed by atoms with E-state index in [-0.39, 0.29) is 12.0 Å². The number of carbonyl (C=O) groups is 1. The van der Waals surface area contributed by atoms with E-state index in [9.17, 15) is 4.79 Å². The summed E-state index contributed by atoms with van der Waals surface area (Å²) >= 11 is 1.43. The molecular formula is C11H17N3O2S. The van der Waals surface area contributed by atoms with Crippen LogP contribution in [0.25, 0.3) is 0 Å². The molecule has 17 heavy (non-hydrogen) atoms. The maximum atomic E-state index is 12.2. The molecule has 1 aliphatic heterocycles. The van der Waals surface area contributed by atoms with Gasteiger partial charge in [0.2, 0.25) is 0 Å². The van der Waals surface area contributed by atoms with Gasteiger partial charge in [-0.05, 0) is 13.3 Å². The molecule has 0 aromatic carbocycles. The Morgan fingerprint density at radius 2 is 2.59 bits per heavy atom. The van der Waals surface area contributed by atoms with Crippen LogP contribution in [0.4, 0.5) is 0 Å². The van der Waals surface area contributed by atoms with Crippen LogP contribution in [-0.4, -0.2) is 41.6 Å². The third-order valence-electron chi connectivity index (χ3n) is 2.68. The van der Waals surface area contributed by atoms with E-state index in [4.69, 9.17) is 10.5 Å². The molecule has 5 nitrogen and oxygen atoms in total. The molecule has 1 aromatic heterocycles. The fourth-order valence-corrected chi connectivity index (χ4v) is 2.49. The van der Waals surface area contributed by atoms with Crippen molar-refractivity contribution in [2.45, 2.75) is 26.0 Å². The van der Waals surface area contributed by atoms with E-state index in [2.05, 4.69) is 4.98 Å². The predicted molar refractivity (Wildman–Crippen MR) is 65.9 cm³/mol. The standard InChI is InChI=1S/C11H17N3O2S/c1-8-6-14(3-2-4-16-8)11(15)9-7-17-10(5-12)13-9/h7-8H,2-6,12H2,1H3. The molecule has 1 aromatic rings. The smallest absolute Gasteiger partial charge is 0.273 e. The van der Waals surface area contributed by atoms with Gasteiger partial charge in [-0.1, -0.05) is 0 Å². The Kier molecular flexibility index (Phi) is 4.09. The van der Waals surface area contributed by atoms with E-state index >= 15 is 0 Å². The summed E-state index contributed by atoms with van der Waals surface area (Å²) in [6, 6.07) is 0. The first-order chi connectivity index (χ1) is 8.20. The summed E-state index contributed by atoms with van der Waals surface area (Å²) in [5, 5.41) is 2.58. The molecule has 1 atom stereocenters. The summed E-state index contributed by atoms with van der Waals surface area (Å²) < 4.78 is 5.51. The monoisotopic (exact) mass is 255 g/mol. The van der Waals surface area contributed by atoms with Crippen LogP contribution >= 0.6 is 11.3 Å². The first kappa shape index (κ1) is 12.5. The highest BCUT2D eigenvalue weighted by Gasteiger charge is 2.22.